The Hall–Kier alpha value is -2.29. The molecule has 0 amide bonds. The van der Waals surface area contributed by atoms with Crippen molar-refractivity contribution in [1.82, 2.24) is 4.72 Å². The number of Topliss-reactive ketones (excluding diaryl/α,β-unsaturated/α-hetero) is 1. The minimum Gasteiger partial charge on any atom is -0.456 e. The highest BCUT2D eigenvalue weighted by atomic mass is 79.9. The molecule has 0 fully saturated rings. The summed E-state index contributed by atoms with van der Waals surface area (Å²) in [4.78, 5) is 23.6. The molecule has 2 rings (SSSR count). The summed E-state index contributed by atoms with van der Waals surface area (Å²) in [7, 11) is -3.80. The van der Waals surface area contributed by atoms with E-state index in [1.165, 1.54) is 6.08 Å². The third-order valence-corrected chi connectivity index (χ3v) is 4.93. The van der Waals surface area contributed by atoms with Gasteiger partial charge in [0.1, 0.15) is 6.54 Å². The number of ether oxygens (including phenoxy) is 1. The summed E-state index contributed by atoms with van der Waals surface area (Å²) in [5.41, 5.74) is 1.09. The van der Waals surface area contributed by atoms with Crippen LogP contribution in [0.3, 0.4) is 0 Å². The van der Waals surface area contributed by atoms with Crippen LogP contribution >= 0.6 is 15.9 Å². The van der Waals surface area contributed by atoms with Crippen molar-refractivity contribution >= 4 is 43.8 Å². The van der Waals surface area contributed by atoms with Crippen LogP contribution in [-0.2, 0) is 19.6 Å². The normalized spacial score (nSPS) is 11.4. The lowest BCUT2D eigenvalue weighted by molar-refractivity contribution is -0.141. The molecule has 0 atom stereocenters. The smallest absolute Gasteiger partial charge is 0.321 e. The first kappa shape index (κ1) is 20.0. The number of benzene rings is 2. The molecular formula is C18H16BrNO5S. The first-order valence-electron chi connectivity index (χ1n) is 7.53. The predicted octanol–water partition coefficient (Wildman–Crippen LogP) is 2.77. The number of esters is 1. The quantitative estimate of drug-likeness (QED) is 0.506. The summed E-state index contributed by atoms with van der Waals surface area (Å²) in [6, 6.07) is 15.6. The van der Waals surface area contributed by atoms with Crippen molar-refractivity contribution < 1.29 is 22.7 Å². The van der Waals surface area contributed by atoms with E-state index in [0.717, 1.165) is 5.41 Å². The highest BCUT2D eigenvalue weighted by Crippen LogP contribution is 2.16. The largest absolute Gasteiger partial charge is 0.456 e. The standard InChI is InChI=1S/C18H16BrNO5S/c19-16-9-5-4-8-15(16)17(21)13-25-18(22)12-20-26(23,24)11-10-14-6-2-1-3-7-14/h1-11,20H,12-13H2/b11-10+. The van der Waals surface area contributed by atoms with Crippen LogP contribution in [-0.4, -0.2) is 33.3 Å². The number of hydrogen-bond acceptors (Lipinski definition) is 5. The molecule has 2 aromatic carbocycles. The van der Waals surface area contributed by atoms with Crippen molar-refractivity contribution in [3.63, 3.8) is 0 Å². The summed E-state index contributed by atoms with van der Waals surface area (Å²) >= 11 is 3.24. The van der Waals surface area contributed by atoms with Crippen LogP contribution in [0.4, 0.5) is 0 Å². The Kier molecular flexibility index (Phi) is 7.26. The molecule has 0 radical (unpaired) electrons. The number of ketones is 1. The van der Waals surface area contributed by atoms with Crippen LogP contribution in [0, 0.1) is 0 Å². The molecule has 0 bridgehead atoms. The molecule has 2 aromatic rings. The fraction of sp³-hybridized carbons (Fsp3) is 0.111. The molecule has 0 spiro atoms. The zero-order chi connectivity index (χ0) is 19.0. The van der Waals surface area contributed by atoms with E-state index in [1.807, 2.05) is 6.07 Å². The van der Waals surface area contributed by atoms with Gasteiger partial charge in [-0.15, -0.1) is 0 Å². The van der Waals surface area contributed by atoms with Crippen LogP contribution in [0.5, 0.6) is 0 Å². The number of rotatable bonds is 8. The molecule has 0 aromatic heterocycles. The zero-order valence-corrected chi connectivity index (χ0v) is 16.0. The molecule has 136 valence electrons. The Balaban J connectivity index is 1.82. The number of carbonyl (C=O) groups is 2. The Morgan fingerprint density at radius 1 is 1.04 bits per heavy atom. The van der Waals surface area contributed by atoms with E-state index in [0.29, 0.717) is 15.6 Å². The molecule has 8 heteroatoms. The minimum absolute atomic E-state index is 0.381. The Morgan fingerprint density at radius 2 is 1.69 bits per heavy atom. The van der Waals surface area contributed by atoms with Gasteiger partial charge in [0, 0.05) is 15.4 Å². The van der Waals surface area contributed by atoms with E-state index in [-0.39, 0.29) is 0 Å². The first-order valence-corrected chi connectivity index (χ1v) is 9.87. The Labute approximate surface area is 160 Å². The van der Waals surface area contributed by atoms with Gasteiger partial charge in [-0.25, -0.2) is 13.1 Å². The summed E-state index contributed by atoms with van der Waals surface area (Å²) in [5, 5.41) is 0.960. The van der Waals surface area contributed by atoms with Gasteiger partial charge < -0.3 is 4.74 Å². The van der Waals surface area contributed by atoms with Gasteiger partial charge in [-0.3, -0.25) is 9.59 Å². The molecule has 0 aliphatic carbocycles. The topological polar surface area (TPSA) is 89.5 Å². The van der Waals surface area contributed by atoms with Gasteiger partial charge >= 0.3 is 5.97 Å². The maximum absolute atomic E-state index is 12.0. The molecule has 26 heavy (non-hydrogen) atoms. The maximum atomic E-state index is 12.0. The molecular weight excluding hydrogens is 422 g/mol. The average Bonchev–Trinajstić information content (AvgIpc) is 2.64. The van der Waals surface area contributed by atoms with Gasteiger partial charge in [0.05, 0.1) is 0 Å². The predicted molar refractivity (Wildman–Crippen MR) is 102 cm³/mol. The third-order valence-electron chi connectivity index (χ3n) is 3.20. The fourth-order valence-corrected chi connectivity index (χ4v) is 3.16. The molecule has 0 heterocycles. The highest BCUT2D eigenvalue weighted by molar-refractivity contribution is 9.10. The number of carbonyl (C=O) groups excluding carboxylic acids is 2. The van der Waals surface area contributed by atoms with Gasteiger partial charge in [-0.05, 0) is 17.7 Å². The lowest BCUT2D eigenvalue weighted by Crippen LogP contribution is -2.30. The van der Waals surface area contributed by atoms with E-state index in [1.54, 1.807) is 48.5 Å². The number of hydrogen-bond donors (Lipinski definition) is 1. The number of sulfonamides is 1. The maximum Gasteiger partial charge on any atom is 0.321 e. The molecule has 1 N–H and O–H groups in total. The molecule has 0 aliphatic heterocycles. The van der Waals surface area contributed by atoms with Crippen molar-refractivity contribution in [3.8, 4) is 0 Å². The lowest BCUT2D eigenvalue weighted by Gasteiger charge is -2.06. The van der Waals surface area contributed by atoms with Crippen LogP contribution in [0.2, 0.25) is 0 Å². The molecule has 0 saturated heterocycles. The van der Waals surface area contributed by atoms with Crippen LogP contribution in [0.15, 0.2) is 64.5 Å². The van der Waals surface area contributed by atoms with Crippen molar-refractivity contribution in [1.29, 1.82) is 0 Å². The molecule has 6 nitrogen and oxygen atoms in total. The summed E-state index contributed by atoms with van der Waals surface area (Å²) in [6.07, 6.45) is 1.41. The summed E-state index contributed by atoms with van der Waals surface area (Å²) < 4.78 is 31.2. The van der Waals surface area contributed by atoms with E-state index >= 15 is 0 Å². The van der Waals surface area contributed by atoms with Crippen molar-refractivity contribution in [2.75, 3.05) is 13.2 Å². The zero-order valence-electron chi connectivity index (χ0n) is 13.6. The van der Waals surface area contributed by atoms with E-state index in [4.69, 9.17) is 4.74 Å². The van der Waals surface area contributed by atoms with Crippen molar-refractivity contribution in [2.45, 2.75) is 0 Å². The average molecular weight is 438 g/mol. The second-order valence-electron chi connectivity index (χ2n) is 5.14. The second kappa shape index (κ2) is 9.42. The summed E-state index contributed by atoms with van der Waals surface area (Å²) in [6.45, 7) is -1.03. The van der Waals surface area contributed by atoms with E-state index in [9.17, 15) is 18.0 Å². The van der Waals surface area contributed by atoms with Crippen LogP contribution in [0.1, 0.15) is 15.9 Å². The molecule has 0 aliphatic rings. The van der Waals surface area contributed by atoms with Crippen LogP contribution < -0.4 is 4.72 Å². The van der Waals surface area contributed by atoms with Crippen molar-refractivity contribution in [2.24, 2.45) is 0 Å². The SMILES string of the molecule is O=C(CNS(=O)(=O)/C=C/c1ccccc1)OCC(=O)c1ccccc1Br. The number of halogens is 1. The fourth-order valence-electron chi connectivity index (χ4n) is 1.90. The lowest BCUT2D eigenvalue weighted by atomic mass is 10.1. The first-order chi connectivity index (χ1) is 12.4. The monoisotopic (exact) mass is 437 g/mol. The van der Waals surface area contributed by atoms with Crippen LogP contribution in [0.25, 0.3) is 6.08 Å². The highest BCUT2D eigenvalue weighted by Gasteiger charge is 2.14. The van der Waals surface area contributed by atoms with E-state index < -0.39 is 34.9 Å². The molecule has 0 saturated carbocycles. The third kappa shape index (κ3) is 6.55. The van der Waals surface area contributed by atoms with Gasteiger partial charge in [0.25, 0.3) is 0 Å². The minimum atomic E-state index is -3.80. The van der Waals surface area contributed by atoms with Crippen molar-refractivity contribution in [3.05, 3.63) is 75.6 Å². The Morgan fingerprint density at radius 3 is 2.38 bits per heavy atom. The number of nitrogens with one attached hydrogen (secondary N) is 1. The van der Waals surface area contributed by atoms with Gasteiger partial charge in [-0.2, -0.15) is 0 Å². The van der Waals surface area contributed by atoms with Gasteiger partial charge in [0.15, 0.2) is 6.61 Å². The van der Waals surface area contributed by atoms with Gasteiger partial charge in [0.2, 0.25) is 15.8 Å². The molecule has 0 unspecified atom stereocenters. The van der Waals surface area contributed by atoms with Gasteiger partial charge in [-0.1, -0.05) is 64.5 Å². The summed E-state index contributed by atoms with van der Waals surface area (Å²) in [5.74, 6) is -1.24. The Bertz CT molecular complexity index is 910. The van der Waals surface area contributed by atoms with E-state index in [2.05, 4.69) is 20.7 Å². The second-order valence-corrected chi connectivity index (χ2v) is 7.65.